The number of aryl methyl sites for hydroxylation is 1. The van der Waals surface area contributed by atoms with Gasteiger partial charge in [-0.3, -0.25) is 4.79 Å². The summed E-state index contributed by atoms with van der Waals surface area (Å²) in [4.78, 5) is 18.8. The van der Waals surface area contributed by atoms with Gasteiger partial charge in [-0.15, -0.1) is 0 Å². The van der Waals surface area contributed by atoms with Gasteiger partial charge in [0.2, 0.25) is 0 Å². The fraction of sp³-hybridized carbons (Fsp3) is 0.483. The number of benzene rings is 2. The van der Waals surface area contributed by atoms with E-state index in [0.717, 1.165) is 36.5 Å². The maximum Gasteiger partial charge on any atom is 0.255 e. The fourth-order valence-electron chi connectivity index (χ4n) is 4.62. The third-order valence-electron chi connectivity index (χ3n) is 6.76. The second-order valence-corrected chi connectivity index (χ2v) is 9.68. The molecule has 2 aromatic carbocycles. The van der Waals surface area contributed by atoms with Gasteiger partial charge in [0, 0.05) is 41.4 Å². The predicted octanol–water partition coefficient (Wildman–Crippen LogP) is 6.82. The lowest BCUT2D eigenvalue weighted by molar-refractivity contribution is 0.102. The summed E-state index contributed by atoms with van der Waals surface area (Å²) in [6.45, 7) is 8.00. The van der Waals surface area contributed by atoms with Crippen LogP contribution in [0.3, 0.4) is 0 Å². The molecule has 1 aromatic heterocycles. The molecule has 3 aromatic rings. The Labute approximate surface area is 198 Å². The van der Waals surface area contributed by atoms with Crippen molar-refractivity contribution >= 4 is 22.5 Å². The van der Waals surface area contributed by atoms with Crippen molar-refractivity contribution < 1.29 is 4.79 Å². The van der Waals surface area contributed by atoms with E-state index in [2.05, 4.69) is 59.5 Å². The number of hydrogen-bond donors (Lipinski definition) is 2. The highest BCUT2D eigenvalue weighted by Crippen LogP contribution is 2.30. The van der Waals surface area contributed by atoms with Crippen LogP contribution in [0.4, 0.5) is 5.69 Å². The van der Waals surface area contributed by atoms with E-state index in [1.54, 1.807) is 0 Å². The zero-order chi connectivity index (χ0) is 23.0. The number of unbranched alkanes of at least 4 members (excludes halogenated alkanes) is 2. The first-order valence-corrected chi connectivity index (χ1v) is 12.9. The van der Waals surface area contributed by atoms with Crippen molar-refractivity contribution in [1.82, 2.24) is 9.88 Å². The van der Waals surface area contributed by atoms with Crippen LogP contribution in [0.15, 0.2) is 48.7 Å². The van der Waals surface area contributed by atoms with Crippen LogP contribution in [0.25, 0.3) is 10.9 Å². The molecule has 0 radical (unpaired) electrons. The van der Waals surface area contributed by atoms with Gasteiger partial charge in [0.05, 0.1) is 0 Å². The van der Waals surface area contributed by atoms with E-state index in [1.165, 1.54) is 68.1 Å². The van der Waals surface area contributed by atoms with Crippen LogP contribution in [0, 0.1) is 5.92 Å². The van der Waals surface area contributed by atoms with Crippen molar-refractivity contribution in [2.24, 2.45) is 5.92 Å². The number of fused-ring (bicyclic) bond motifs is 1. The number of nitrogens with zero attached hydrogens (tertiary/aromatic N) is 1. The quantitative estimate of drug-likeness (QED) is 0.284. The highest BCUT2D eigenvalue weighted by atomic mass is 16.1. The number of carbonyl (C=O) groups excluding carboxylic acids is 1. The Bertz CT molecular complexity index is 1030. The van der Waals surface area contributed by atoms with Gasteiger partial charge in [0.25, 0.3) is 5.91 Å². The lowest BCUT2D eigenvalue weighted by Crippen LogP contribution is -2.29. The molecule has 0 unspecified atom stereocenters. The van der Waals surface area contributed by atoms with Crippen LogP contribution in [0.2, 0.25) is 0 Å². The first-order valence-electron chi connectivity index (χ1n) is 12.9. The molecule has 1 amide bonds. The van der Waals surface area contributed by atoms with Crippen LogP contribution >= 0.6 is 0 Å². The minimum Gasteiger partial charge on any atom is -0.361 e. The molecular formula is C29H39N3O. The Morgan fingerprint density at radius 2 is 1.82 bits per heavy atom. The topological polar surface area (TPSA) is 48.1 Å². The third kappa shape index (κ3) is 6.70. The van der Waals surface area contributed by atoms with Crippen molar-refractivity contribution in [3.8, 4) is 0 Å². The molecule has 4 heteroatoms. The number of hydrogen-bond acceptors (Lipinski definition) is 2. The summed E-state index contributed by atoms with van der Waals surface area (Å²) in [6.07, 6.45) is 11.9. The molecule has 0 spiro atoms. The summed E-state index contributed by atoms with van der Waals surface area (Å²) >= 11 is 0. The molecule has 176 valence electrons. The number of amides is 1. The molecular weight excluding hydrogens is 406 g/mol. The highest BCUT2D eigenvalue weighted by Gasteiger charge is 2.23. The standard InChI is InChI=1S/C29H39N3O/c1-3-5-6-7-22-10-12-24(13-11-22)29(33)31-26-14-15-28-27(19-26)25(20-30-28)16-18-32(17-4-2)21-23-8-9-23/h10-15,19-20,23,30H,3-9,16-18,21H2,1-2H3,(H,31,33). The predicted molar refractivity (Wildman–Crippen MR) is 139 cm³/mol. The minimum absolute atomic E-state index is 0.0508. The van der Waals surface area contributed by atoms with Gasteiger partial charge in [0.15, 0.2) is 0 Å². The molecule has 0 aliphatic heterocycles. The SMILES string of the molecule is CCCCCc1ccc(C(=O)Nc2ccc3[nH]cc(CCN(CCC)CC4CC4)c3c2)cc1. The van der Waals surface area contributed by atoms with Crippen molar-refractivity contribution in [2.75, 3.05) is 25.0 Å². The van der Waals surface area contributed by atoms with E-state index in [4.69, 9.17) is 0 Å². The number of rotatable bonds is 13. The summed E-state index contributed by atoms with van der Waals surface area (Å²) in [6, 6.07) is 14.2. The molecule has 1 fully saturated rings. The third-order valence-corrected chi connectivity index (χ3v) is 6.76. The normalized spacial score (nSPS) is 13.7. The molecule has 0 saturated heterocycles. The molecule has 1 heterocycles. The monoisotopic (exact) mass is 445 g/mol. The summed E-state index contributed by atoms with van der Waals surface area (Å²) in [5.41, 5.74) is 5.32. The van der Waals surface area contributed by atoms with Gasteiger partial charge in [0.1, 0.15) is 0 Å². The molecule has 1 saturated carbocycles. The molecule has 2 N–H and O–H groups in total. The van der Waals surface area contributed by atoms with Crippen LogP contribution in [-0.4, -0.2) is 35.4 Å². The summed E-state index contributed by atoms with van der Waals surface area (Å²) < 4.78 is 0. The molecule has 1 aliphatic rings. The van der Waals surface area contributed by atoms with E-state index in [0.29, 0.717) is 5.56 Å². The molecule has 1 aliphatic carbocycles. The van der Waals surface area contributed by atoms with Crippen LogP contribution in [-0.2, 0) is 12.8 Å². The Hall–Kier alpha value is -2.59. The molecule has 33 heavy (non-hydrogen) atoms. The van der Waals surface area contributed by atoms with Gasteiger partial charge in [-0.05, 0) is 92.4 Å². The van der Waals surface area contributed by atoms with E-state index in [1.807, 2.05) is 18.2 Å². The number of anilines is 1. The van der Waals surface area contributed by atoms with E-state index >= 15 is 0 Å². The van der Waals surface area contributed by atoms with Crippen LogP contribution in [0.5, 0.6) is 0 Å². The summed E-state index contributed by atoms with van der Waals surface area (Å²) in [5, 5.41) is 4.31. The zero-order valence-corrected chi connectivity index (χ0v) is 20.3. The fourth-order valence-corrected chi connectivity index (χ4v) is 4.62. The Kier molecular flexibility index (Phi) is 8.22. The minimum atomic E-state index is -0.0508. The second kappa shape index (κ2) is 11.5. The maximum absolute atomic E-state index is 12.8. The number of aromatic nitrogens is 1. The Balaban J connectivity index is 1.38. The van der Waals surface area contributed by atoms with Gasteiger partial charge < -0.3 is 15.2 Å². The zero-order valence-electron chi connectivity index (χ0n) is 20.3. The van der Waals surface area contributed by atoms with E-state index < -0.39 is 0 Å². The average molecular weight is 446 g/mol. The molecule has 4 nitrogen and oxygen atoms in total. The van der Waals surface area contributed by atoms with Gasteiger partial charge in [-0.2, -0.15) is 0 Å². The first kappa shape index (κ1) is 23.6. The Morgan fingerprint density at radius 1 is 1.00 bits per heavy atom. The van der Waals surface area contributed by atoms with E-state index in [9.17, 15) is 4.79 Å². The number of H-pyrrole nitrogens is 1. The molecule has 0 bridgehead atoms. The summed E-state index contributed by atoms with van der Waals surface area (Å²) in [7, 11) is 0. The van der Waals surface area contributed by atoms with E-state index in [-0.39, 0.29) is 5.91 Å². The van der Waals surface area contributed by atoms with Crippen LogP contribution < -0.4 is 5.32 Å². The van der Waals surface area contributed by atoms with Crippen LogP contribution in [0.1, 0.15) is 73.9 Å². The van der Waals surface area contributed by atoms with Crippen molar-refractivity contribution in [3.63, 3.8) is 0 Å². The van der Waals surface area contributed by atoms with Crippen molar-refractivity contribution in [1.29, 1.82) is 0 Å². The van der Waals surface area contributed by atoms with Crippen molar-refractivity contribution in [2.45, 2.75) is 65.2 Å². The number of carbonyl (C=O) groups is 1. The second-order valence-electron chi connectivity index (χ2n) is 9.68. The first-order chi connectivity index (χ1) is 16.2. The number of nitrogens with one attached hydrogen (secondary N) is 2. The smallest absolute Gasteiger partial charge is 0.255 e. The lowest BCUT2D eigenvalue weighted by atomic mass is 10.0. The maximum atomic E-state index is 12.8. The highest BCUT2D eigenvalue weighted by molar-refractivity contribution is 6.05. The lowest BCUT2D eigenvalue weighted by Gasteiger charge is -2.21. The average Bonchev–Trinajstić information content (AvgIpc) is 3.56. The number of aromatic amines is 1. The van der Waals surface area contributed by atoms with Gasteiger partial charge in [-0.1, -0.05) is 38.8 Å². The molecule has 0 atom stereocenters. The largest absolute Gasteiger partial charge is 0.361 e. The van der Waals surface area contributed by atoms with Gasteiger partial charge in [-0.25, -0.2) is 0 Å². The van der Waals surface area contributed by atoms with Gasteiger partial charge >= 0.3 is 0 Å². The summed E-state index contributed by atoms with van der Waals surface area (Å²) in [5.74, 6) is 0.872. The molecule has 4 rings (SSSR count). The van der Waals surface area contributed by atoms with Crippen molar-refractivity contribution in [3.05, 3.63) is 65.4 Å². The Morgan fingerprint density at radius 3 is 2.55 bits per heavy atom.